The number of hydrogen-bond acceptors (Lipinski definition) is 4. The van der Waals surface area contributed by atoms with Crippen LogP contribution in [-0.2, 0) is 4.79 Å². The van der Waals surface area contributed by atoms with Gasteiger partial charge in [0.25, 0.3) is 0 Å². The molecule has 0 aromatic rings. The molecule has 0 spiro atoms. The summed E-state index contributed by atoms with van der Waals surface area (Å²) in [5, 5.41) is 19.4. The van der Waals surface area contributed by atoms with Crippen molar-refractivity contribution in [3.63, 3.8) is 0 Å². The lowest BCUT2D eigenvalue weighted by molar-refractivity contribution is -0.643. The van der Waals surface area contributed by atoms with Crippen molar-refractivity contribution in [3.8, 4) is 0 Å². The van der Waals surface area contributed by atoms with Gasteiger partial charge >= 0.3 is 6.05 Å². The van der Waals surface area contributed by atoms with Crippen LogP contribution in [-0.4, -0.2) is 16.9 Å². The highest BCUT2D eigenvalue weighted by molar-refractivity contribution is 5.83. The van der Waals surface area contributed by atoms with Gasteiger partial charge in [-0.15, -0.1) is 8.78 Å². The fourth-order valence-corrected chi connectivity index (χ4v) is 0.393. The van der Waals surface area contributed by atoms with E-state index in [-0.39, 0.29) is 0 Å². The van der Waals surface area contributed by atoms with Gasteiger partial charge in [0.15, 0.2) is 0 Å². The van der Waals surface area contributed by atoms with Crippen molar-refractivity contribution in [2.45, 2.75) is 12.5 Å². The summed E-state index contributed by atoms with van der Waals surface area (Å²) in [5.41, 5.74) is -1.00. The first-order valence-electron chi connectivity index (χ1n) is 2.69. The highest BCUT2D eigenvalue weighted by Crippen LogP contribution is 2.22. The summed E-state index contributed by atoms with van der Waals surface area (Å²) in [6.07, 6.45) is -1.54. The second kappa shape index (κ2) is 3.24. The number of hydrogen-bond donors (Lipinski definition) is 0. The molecule has 0 saturated heterocycles. The molecule has 0 aromatic carbocycles. The molecule has 7 heteroatoms. The number of carbonyl (C=O) groups excluding carboxylic acids is 1. The van der Waals surface area contributed by atoms with Crippen LogP contribution < -0.4 is 5.11 Å². The lowest BCUT2D eigenvalue weighted by Gasteiger charge is -2.09. The minimum absolute atomic E-state index is 1.00. The van der Waals surface area contributed by atoms with E-state index in [1.165, 1.54) is 0 Å². The molecule has 0 atom stereocenters. The van der Waals surface area contributed by atoms with Crippen molar-refractivity contribution in [1.82, 2.24) is 0 Å². The van der Waals surface area contributed by atoms with Crippen LogP contribution in [0.1, 0.15) is 6.42 Å². The first-order valence-corrected chi connectivity index (χ1v) is 2.69. The van der Waals surface area contributed by atoms with E-state index in [1.807, 2.05) is 0 Å². The second-order valence-corrected chi connectivity index (χ2v) is 1.99. The number of carboxylic acids is 1. The number of carboxylic acid groups (broad SMARTS) is 1. The summed E-state index contributed by atoms with van der Waals surface area (Å²) in [6, 6.07) is -4.29. The third-order valence-electron chi connectivity index (χ3n) is 0.982. The molecule has 0 aliphatic rings. The number of alkyl halides is 2. The first-order chi connectivity index (χ1) is 5.27. The van der Waals surface area contributed by atoms with Gasteiger partial charge in [0.2, 0.25) is 0 Å². The average molecular weight is 180 g/mol. The lowest BCUT2D eigenvalue weighted by Crippen LogP contribution is -2.33. The van der Waals surface area contributed by atoms with E-state index in [0.717, 1.165) is 0 Å². The highest BCUT2D eigenvalue weighted by atomic mass is 19.3. The number of aliphatic carboxylic acids is 1. The Hall–Kier alpha value is -1.53. The third kappa shape index (κ3) is 2.60. The second-order valence-electron chi connectivity index (χ2n) is 1.99. The Kier molecular flexibility index (Phi) is 2.83. The summed E-state index contributed by atoms with van der Waals surface area (Å²) >= 11 is 0. The van der Waals surface area contributed by atoms with E-state index in [1.54, 1.807) is 0 Å². The van der Waals surface area contributed by atoms with Crippen molar-refractivity contribution in [2.75, 3.05) is 0 Å². The van der Waals surface area contributed by atoms with Crippen LogP contribution in [0.15, 0.2) is 12.2 Å². The fraction of sp³-hybridized carbons (Fsp3) is 0.400. The SMILES string of the molecule is C=C(CC(F)(F)[N+](=O)[O-])C(=O)[O-]. The molecular weight excluding hydrogens is 176 g/mol. The van der Waals surface area contributed by atoms with Gasteiger partial charge in [-0.1, -0.05) is 6.58 Å². The van der Waals surface area contributed by atoms with E-state index < -0.39 is 28.9 Å². The van der Waals surface area contributed by atoms with Crippen molar-refractivity contribution in [2.24, 2.45) is 0 Å². The monoisotopic (exact) mass is 180 g/mol. The van der Waals surface area contributed by atoms with Gasteiger partial charge in [-0.3, -0.25) is 10.1 Å². The summed E-state index contributed by atoms with van der Waals surface area (Å²) < 4.78 is 24.2. The summed E-state index contributed by atoms with van der Waals surface area (Å²) in [6.45, 7) is 2.68. The van der Waals surface area contributed by atoms with E-state index in [2.05, 4.69) is 6.58 Å². The van der Waals surface area contributed by atoms with Crippen LogP contribution in [0.4, 0.5) is 8.78 Å². The van der Waals surface area contributed by atoms with Gasteiger partial charge in [0.05, 0.1) is 10.9 Å². The Morgan fingerprint density at radius 3 is 2.25 bits per heavy atom. The molecule has 0 saturated carbocycles. The van der Waals surface area contributed by atoms with E-state index in [0.29, 0.717) is 0 Å². The molecule has 0 radical (unpaired) electrons. The van der Waals surface area contributed by atoms with Crippen LogP contribution in [0, 0.1) is 10.1 Å². The zero-order valence-corrected chi connectivity index (χ0v) is 5.75. The number of halogens is 2. The Morgan fingerprint density at radius 1 is 1.58 bits per heavy atom. The van der Waals surface area contributed by atoms with Crippen LogP contribution in [0.2, 0.25) is 0 Å². The summed E-state index contributed by atoms with van der Waals surface area (Å²) in [4.78, 5) is 17.5. The Balaban J connectivity index is 4.35. The third-order valence-corrected chi connectivity index (χ3v) is 0.982. The number of nitro groups is 1. The fourth-order valence-electron chi connectivity index (χ4n) is 0.393. The summed E-state index contributed by atoms with van der Waals surface area (Å²) in [7, 11) is 0. The smallest absolute Gasteiger partial charge is 0.514 e. The van der Waals surface area contributed by atoms with Crippen molar-refractivity contribution < 1.29 is 23.6 Å². The molecular formula is C5H4F2NO4-. The Labute approximate surface area is 65.4 Å². The standard InChI is InChI=1S/C5H5F2NO4/c1-3(4(9)10)2-5(6,7)8(11)12/h1-2H2,(H,9,10)/p-1. The molecule has 0 fully saturated rings. The van der Waals surface area contributed by atoms with E-state index in [9.17, 15) is 28.8 Å². The van der Waals surface area contributed by atoms with Gasteiger partial charge in [0.1, 0.15) is 6.42 Å². The molecule has 0 rings (SSSR count). The Bertz CT molecular complexity index is 238. The molecule has 0 bridgehead atoms. The molecule has 12 heavy (non-hydrogen) atoms. The molecule has 0 aromatic heterocycles. The maximum absolute atomic E-state index is 12.1. The maximum atomic E-state index is 12.1. The quantitative estimate of drug-likeness (QED) is 0.254. The van der Waals surface area contributed by atoms with Crippen LogP contribution in [0.3, 0.4) is 0 Å². The number of rotatable bonds is 4. The van der Waals surface area contributed by atoms with Gasteiger partial charge in [0, 0.05) is 0 Å². The van der Waals surface area contributed by atoms with Crippen molar-refractivity contribution >= 4 is 5.97 Å². The Morgan fingerprint density at radius 2 is 2.00 bits per heavy atom. The topological polar surface area (TPSA) is 83.3 Å². The largest absolute Gasteiger partial charge is 0.545 e. The first kappa shape index (κ1) is 10.5. The number of carbonyl (C=O) groups is 1. The van der Waals surface area contributed by atoms with Gasteiger partial charge in [-0.2, -0.15) is 0 Å². The van der Waals surface area contributed by atoms with Crippen LogP contribution >= 0.6 is 0 Å². The van der Waals surface area contributed by atoms with Crippen LogP contribution in [0.5, 0.6) is 0 Å². The summed E-state index contributed by atoms with van der Waals surface area (Å²) in [5.74, 6) is -1.92. The predicted octanol–water partition coefficient (Wildman–Crippen LogP) is -0.448. The predicted molar refractivity (Wildman–Crippen MR) is 30.7 cm³/mol. The molecule has 68 valence electrons. The zero-order chi connectivity index (χ0) is 9.94. The zero-order valence-electron chi connectivity index (χ0n) is 5.75. The molecule has 0 aliphatic carbocycles. The van der Waals surface area contributed by atoms with Gasteiger partial charge in [-0.05, 0) is 5.57 Å². The van der Waals surface area contributed by atoms with Gasteiger partial charge in [-0.25, -0.2) is 0 Å². The van der Waals surface area contributed by atoms with Gasteiger partial charge < -0.3 is 9.90 Å². The van der Waals surface area contributed by atoms with Crippen molar-refractivity contribution in [1.29, 1.82) is 0 Å². The van der Waals surface area contributed by atoms with Crippen LogP contribution in [0.25, 0.3) is 0 Å². The molecule has 0 N–H and O–H groups in total. The molecule has 0 amide bonds. The minimum Gasteiger partial charge on any atom is -0.545 e. The highest BCUT2D eigenvalue weighted by Gasteiger charge is 2.44. The molecule has 0 aliphatic heterocycles. The number of nitrogens with zero attached hydrogens (tertiary/aromatic N) is 1. The lowest BCUT2D eigenvalue weighted by atomic mass is 10.2. The molecule has 5 nitrogen and oxygen atoms in total. The van der Waals surface area contributed by atoms with E-state index in [4.69, 9.17) is 0 Å². The minimum atomic E-state index is -4.29. The molecule has 0 unspecified atom stereocenters. The average Bonchev–Trinajstić information content (AvgIpc) is 1.85. The molecule has 0 heterocycles. The maximum Gasteiger partial charge on any atom is 0.514 e. The van der Waals surface area contributed by atoms with Crippen molar-refractivity contribution in [3.05, 3.63) is 22.3 Å². The normalized spacial score (nSPS) is 10.8. The van der Waals surface area contributed by atoms with E-state index >= 15 is 0 Å².